The summed E-state index contributed by atoms with van der Waals surface area (Å²) >= 11 is 4.74. The number of aryl methyl sites for hydroxylation is 1. The van der Waals surface area contributed by atoms with Crippen LogP contribution in [0, 0.1) is 4.77 Å². The van der Waals surface area contributed by atoms with E-state index in [9.17, 15) is 13.2 Å². The van der Waals surface area contributed by atoms with E-state index in [1.54, 1.807) is 7.05 Å². The molecule has 1 rings (SSSR count). The Bertz CT molecular complexity index is 356. The van der Waals surface area contributed by atoms with E-state index in [0.717, 1.165) is 0 Å². The monoisotopic (exact) mass is 227 g/mol. The van der Waals surface area contributed by atoms with Crippen LogP contribution >= 0.6 is 12.2 Å². The van der Waals surface area contributed by atoms with E-state index >= 15 is 0 Å². The zero-order chi connectivity index (χ0) is 10.8. The fourth-order valence-electron chi connectivity index (χ4n) is 0.785. The maximum Gasteiger partial charge on any atom is 0.411 e. The third-order valence-electron chi connectivity index (χ3n) is 1.32. The van der Waals surface area contributed by atoms with Crippen LogP contribution in [-0.2, 0) is 18.4 Å². The standard InChI is InChI=1S/C6H8F3N3OS/c1-12-5(14)10-4(11-12)2-13-3-6(7,8)9/h2-3H2,1H3,(H,10,11,14). The molecule has 8 heteroatoms. The molecule has 0 aromatic carbocycles. The van der Waals surface area contributed by atoms with Gasteiger partial charge in [-0.2, -0.15) is 13.2 Å². The van der Waals surface area contributed by atoms with Gasteiger partial charge in [-0.1, -0.05) is 0 Å². The summed E-state index contributed by atoms with van der Waals surface area (Å²) in [5.74, 6) is 0.279. The van der Waals surface area contributed by atoms with Crippen LogP contribution < -0.4 is 0 Å². The summed E-state index contributed by atoms with van der Waals surface area (Å²) < 4.78 is 41.1. The second-order valence-electron chi connectivity index (χ2n) is 2.62. The van der Waals surface area contributed by atoms with Gasteiger partial charge in [0.2, 0.25) is 4.77 Å². The Morgan fingerprint density at radius 2 is 2.21 bits per heavy atom. The van der Waals surface area contributed by atoms with Crippen molar-refractivity contribution in [1.29, 1.82) is 0 Å². The Morgan fingerprint density at radius 3 is 2.64 bits per heavy atom. The molecule has 80 valence electrons. The lowest BCUT2D eigenvalue weighted by atomic mass is 10.6. The molecule has 0 amide bonds. The maximum atomic E-state index is 11.7. The molecule has 0 unspecified atom stereocenters. The minimum absolute atomic E-state index is 0.232. The number of nitrogens with zero attached hydrogens (tertiary/aromatic N) is 2. The molecule has 0 radical (unpaired) electrons. The normalized spacial score (nSPS) is 12.0. The van der Waals surface area contributed by atoms with Crippen molar-refractivity contribution in [2.24, 2.45) is 7.05 Å². The summed E-state index contributed by atoms with van der Waals surface area (Å²) in [7, 11) is 1.61. The lowest BCUT2D eigenvalue weighted by molar-refractivity contribution is -0.177. The Morgan fingerprint density at radius 1 is 1.57 bits per heavy atom. The molecule has 0 atom stereocenters. The van der Waals surface area contributed by atoms with E-state index in [2.05, 4.69) is 14.8 Å². The van der Waals surface area contributed by atoms with Crippen molar-refractivity contribution < 1.29 is 17.9 Å². The summed E-state index contributed by atoms with van der Waals surface area (Å²) in [6, 6.07) is 0. The van der Waals surface area contributed by atoms with Crippen LogP contribution in [0.15, 0.2) is 0 Å². The van der Waals surface area contributed by atoms with Gasteiger partial charge in [0, 0.05) is 7.05 Å². The SMILES string of the molecule is Cn1[nH]c(COCC(F)(F)F)nc1=S. The van der Waals surface area contributed by atoms with Crippen molar-refractivity contribution in [1.82, 2.24) is 14.8 Å². The third kappa shape index (κ3) is 3.46. The fourth-order valence-corrected chi connectivity index (χ4v) is 0.941. The lowest BCUT2D eigenvalue weighted by Crippen LogP contribution is -2.17. The van der Waals surface area contributed by atoms with Gasteiger partial charge in [-0.25, -0.2) is 4.98 Å². The molecule has 0 spiro atoms. The lowest BCUT2D eigenvalue weighted by Gasteiger charge is -2.05. The Kier molecular flexibility index (Phi) is 3.27. The predicted octanol–water partition coefficient (Wildman–Crippen LogP) is 1.56. The largest absolute Gasteiger partial charge is 0.411 e. The van der Waals surface area contributed by atoms with Crippen molar-refractivity contribution in [2.45, 2.75) is 12.8 Å². The van der Waals surface area contributed by atoms with Gasteiger partial charge < -0.3 is 4.74 Å². The maximum absolute atomic E-state index is 11.7. The molecule has 1 N–H and O–H groups in total. The molecule has 0 saturated carbocycles. The molecule has 0 aliphatic heterocycles. The van der Waals surface area contributed by atoms with E-state index in [1.165, 1.54) is 4.68 Å². The van der Waals surface area contributed by atoms with E-state index in [1.807, 2.05) is 0 Å². The Balaban J connectivity index is 2.43. The molecule has 1 aromatic rings. The van der Waals surface area contributed by atoms with Crippen LogP contribution in [0.4, 0.5) is 13.2 Å². The number of ether oxygens (including phenoxy) is 1. The van der Waals surface area contributed by atoms with Crippen molar-refractivity contribution in [2.75, 3.05) is 6.61 Å². The number of aromatic amines is 1. The number of halogens is 3. The van der Waals surface area contributed by atoms with E-state index in [0.29, 0.717) is 0 Å². The van der Waals surface area contributed by atoms with Crippen LogP contribution in [0.25, 0.3) is 0 Å². The minimum atomic E-state index is -4.31. The number of hydrogen-bond donors (Lipinski definition) is 1. The predicted molar refractivity (Wildman–Crippen MR) is 44.1 cm³/mol. The average Bonchev–Trinajstić information content (AvgIpc) is 2.28. The molecule has 1 aromatic heterocycles. The van der Waals surface area contributed by atoms with Crippen molar-refractivity contribution >= 4 is 12.2 Å². The zero-order valence-corrected chi connectivity index (χ0v) is 8.08. The molecule has 0 aliphatic rings. The Labute approximate surface area is 82.7 Å². The summed E-state index contributed by atoms with van der Waals surface area (Å²) in [6.07, 6.45) is -4.31. The fraction of sp³-hybridized carbons (Fsp3) is 0.667. The first-order chi connectivity index (χ1) is 6.38. The number of H-pyrrole nitrogens is 1. The molecule has 1 heterocycles. The van der Waals surface area contributed by atoms with Crippen molar-refractivity contribution in [3.8, 4) is 0 Å². The summed E-state index contributed by atoms with van der Waals surface area (Å²) in [5.41, 5.74) is 0. The van der Waals surface area contributed by atoms with Crippen molar-refractivity contribution in [3.63, 3.8) is 0 Å². The first-order valence-corrected chi connectivity index (χ1v) is 4.06. The first-order valence-electron chi connectivity index (χ1n) is 3.65. The number of aromatic nitrogens is 3. The van der Waals surface area contributed by atoms with Crippen LogP contribution in [0.3, 0.4) is 0 Å². The molecule has 0 aliphatic carbocycles. The second kappa shape index (κ2) is 4.09. The van der Waals surface area contributed by atoms with Gasteiger partial charge in [0.25, 0.3) is 0 Å². The van der Waals surface area contributed by atoms with E-state index in [4.69, 9.17) is 12.2 Å². The summed E-state index contributed by atoms with van der Waals surface area (Å²) in [5, 5.41) is 2.64. The molecule has 14 heavy (non-hydrogen) atoms. The summed E-state index contributed by atoms with van der Waals surface area (Å²) in [4.78, 5) is 3.76. The van der Waals surface area contributed by atoms with Gasteiger partial charge >= 0.3 is 6.18 Å². The minimum Gasteiger partial charge on any atom is -0.364 e. The molecule has 0 fully saturated rings. The topological polar surface area (TPSA) is 42.8 Å². The van der Waals surface area contributed by atoms with E-state index in [-0.39, 0.29) is 17.2 Å². The number of hydrogen-bond acceptors (Lipinski definition) is 3. The molecular weight excluding hydrogens is 219 g/mol. The highest BCUT2D eigenvalue weighted by Gasteiger charge is 2.27. The van der Waals surface area contributed by atoms with Gasteiger partial charge in [-0.3, -0.25) is 9.78 Å². The average molecular weight is 227 g/mol. The highest BCUT2D eigenvalue weighted by molar-refractivity contribution is 7.71. The van der Waals surface area contributed by atoms with Crippen LogP contribution in [-0.4, -0.2) is 27.5 Å². The molecular formula is C6H8F3N3OS. The Hall–Kier alpha value is -0.890. The van der Waals surface area contributed by atoms with Gasteiger partial charge in [-0.05, 0) is 12.2 Å². The smallest absolute Gasteiger partial charge is 0.364 e. The molecule has 4 nitrogen and oxygen atoms in total. The second-order valence-corrected chi connectivity index (χ2v) is 2.99. The summed E-state index contributed by atoms with van der Waals surface area (Å²) in [6.45, 7) is -1.52. The van der Waals surface area contributed by atoms with Gasteiger partial charge in [-0.15, -0.1) is 0 Å². The number of alkyl halides is 3. The van der Waals surface area contributed by atoms with Gasteiger partial charge in [0.1, 0.15) is 19.0 Å². The van der Waals surface area contributed by atoms with Gasteiger partial charge in [0.15, 0.2) is 0 Å². The molecule has 0 saturated heterocycles. The highest BCUT2D eigenvalue weighted by atomic mass is 32.1. The van der Waals surface area contributed by atoms with Crippen LogP contribution in [0.1, 0.15) is 5.82 Å². The van der Waals surface area contributed by atoms with Crippen LogP contribution in [0.2, 0.25) is 0 Å². The number of nitrogens with one attached hydrogen (secondary N) is 1. The van der Waals surface area contributed by atoms with Crippen LogP contribution in [0.5, 0.6) is 0 Å². The third-order valence-corrected chi connectivity index (χ3v) is 1.68. The van der Waals surface area contributed by atoms with Crippen molar-refractivity contribution in [3.05, 3.63) is 10.6 Å². The first kappa shape index (κ1) is 11.2. The van der Waals surface area contributed by atoms with Gasteiger partial charge in [0.05, 0.1) is 0 Å². The molecule has 0 bridgehead atoms. The highest BCUT2D eigenvalue weighted by Crippen LogP contribution is 2.14. The number of rotatable bonds is 3. The van der Waals surface area contributed by atoms with E-state index < -0.39 is 12.8 Å². The zero-order valence-electron chi connectivity index (χ0n) is 7.26. The quantitative estimate of drug-likeness (QED) is 0.797.